The Balaban J connectivity index is 1.88. The summed E-state index contributed by atoms with van der Waals surface area (Å²) in [4.78, 5) is 14.9. The van der Waals surface area contributed by atoms with Crippen LogP contribution in [-0.2, 0) is 11.8 Å². The van der Waals surface area contributed by atoms with E-state index in [2.05, 4.69) is 34.8 Å². The van der Waals surface area contributed by atoms with Crippen LogP contribution in [0.3, 0.4) is 0 Å². The van der Waals surface area contributed by atoms with Crippen molar-refractivity contribution < 1.29 is 4.79 Å². The summed E-state index contributed by atoms with van der Waals surface area (Å²) in [5.41, 5.74) is 6.95. The Morgan fingerprint density at radius 2 is 2.10 bits per heavy atom. The van der Waals surface area contributed by atoms with Gasteiger partial charge in [-0.1, -0.05) is 12.8 Å². The van der Waals surface area contributed by atoms with Gasteiger partial charge in [-0.3, -0.25) is 4.79 Å². The number of likely N-dealkylation sites (tertiary alicyclic amines) is 1. The fourth-order valence-corrected chi connectivity index (χ4v) is 3.54. The van der Waals surface area contributed by atoms with Crippen molar-refractivity contribution in [2.24, 2.45) is 12.8 Å². The van der Waals surface area contributed by atoms with Crippen molar-refractivity contribution in [3.63, 3.8) is 0 Å². The number of hydrogen-bond acceptors (Lipinski definition) is 2. The van der Waals surface area contributed by atoms with Crippen LogP contribution in [0.15, 0.2) is 18.3 Å². The van der Waals surface area contributed by atoms with E-state index in [9.17, 15) is 4.79 Å². The van der Waals surface area contributed by atoms with Gasteiger partial charge in [0, 0.05) is 25.5 Å². The van der Waals surface area contributed by atoms with Crippen LogP contribution in [0.5, 0.6) is 0 Å². The summed E-state index contributed by atoms with van der Waals surface area (Å²) >= 11 is 0. The van der Waals surface area contributed by atoms with E-state index in [1.54, 1.807) is 0 Å². The molecule has 1 unspecified atom stereocenters. The van der Waals surface area contributed by atoms with Crippen molar-refractivity contribution in [3.8, 4) is 0 Å². The van der Waals surface area contributed by atoms with Gasteiger partial charge in [-0.2, -0.15) is 0 Å². The number of nitrogens with zero attached hydrogens (tertiary/aromatic N) is 2. The quantitative estimate of drug-likeness (QED) is 0.900. The van der Waals surface area contributed by atoms with Crippen molar-refractivity contribution in [1.82, 2.24) is 9.47 Å². The number of amides is 1. The fourth-order valence-electron chi connectivity index (χ4n) is 3.54. The molecule has 2 N–H and O–H groups in total. The minimum Gasteiger partial charge on any atom is -0.353 e. The van der Waals surface area contributed by atoms with Crippen LogP contribution in [0.4, 0.5) is 0 Å². The molecule has 2 fully saturated rings. The molecule has 1 amide bonds. The highest BCUT2D eigenvalue weighted by Crippen LogP contribution is 2.37. The number of aryl methyl sites for hydroxylation is 1. The van der Waals surface area contributed by atoms with Gasteiger partial charge in [0.1, 0.15) is 0 Å². The maximum absolute atomic E-state index is 12.9. The zero-order chi connectivity index (χ0) is 14.2. The molecule has 4 heteroatoms. The van der Waals surface area contributed by atoms with E-state index in [4.69, 9.17) is 5.73 Å². The van der Waals surface area contributed by atoms with Gasteiger partial charge in [0.25, 0.3) is 0 Å². The second-order valence-electron chi connectivity index (χ2n) is 6.42. The van der Waals surface area contributed by atoms with E-state index in [1.165, 1.54) is 18.5 Å². The third-order valence-electron chi connectivity index (χ3n) is 5.01. The van der Waals surface area contributed by atoms with Crippen LogP contribution >= 0.6 is 0 Å². The van der Waals surface area contributed by atoms with Gasteiger partial charge in [-0.25, -0.2) is 0 Å². The predicted molar refractivity (Wildman–Crippen MR) is 79.1 cm³/mol. The van der Waals surface area contributed by atoms with Gasteiger partial charge >= 0.3 is 0 Å². The number of carbonyl (C=O) groups excluding carboxylic acids is 1. The summed E-state index contributed by atoms with van der Waals surface area (Å²) in [6.45, 7) is 0.855. The highest BCUT2D eigenvalue weighted by Gasteiger charge is 2.44. The standard InChI is InChI=1S/C16H25N3O/c1-18-11-5-8-13(18)14-7-3-2-4-12-19(14)15(20)16(17)9-6-10-16/h5,8,11,14H,2-4,6-7,9-10,12,17H2,1H3. The van der Waals surface area contributed by atoms with Gasteiger partial charge < -0.3 is 15.2 Å². The zero-order valence-corrected chi connectivity index (χ0v) is 12.3. The molecule has 0 bridgehead atoms. The molecule has 1 saturated carbocycles. The van der Waals surface area contributed by atoms with E-state index in [-0.39, 0.29) is 11.9 Å². The monoisotopic (exact) mass is 275 g/mol. The lowest BCUT2D eigenvalue weighted by molar-refractivity contribution is -0.142. The van der Waals surface area contributed by atoms with Gasteiger partial charge in [-0.05, 0) is 44.2 Å². The summed E-state index contributed by atoms with van der Waals surface area (Å²) in [7, 11) is 2.06. The molecule has 1 aromatic heterocycles. The van der Waals surface area contributed by atoms with Gasteiger partial charge in [0.15, 0.2) is 0 Å². The summed E-state index contributed by atoms with van der Waals surface area (Å²) < 4.78 is 2.14. The molecule has 0 radical (unpaired) electrons. The molecule has 2 heterocycles. The summed E-state index contributed by atoms with van der Waals surface area (Å²) in [5.74, 6) is 0.178. The molecular weight excluding hydrogens is 250 g/mol. The van der Waals surface area contributed by atoms with Crippen molar-refractivity contribution in [1.29, 1.82) is 0 Å². The number of rotatable bonds is 2. The first-order chi connectivity index (χ1) is 9.62. The van der Waals surface area contributed by atoms with Crippen molar-refractivity contribution in [2.75, 3.05) is 6.54 Å². The van der Waals surface area contributed by atoms with Crippen LogP contribution in [0.1, 0.15) is 56.7 Å². The molecule has 1 aliphatic heterocycles. The maximum atomic E-state index is 12.9. The first-order valence-electron chi connectivity index (χ1n) is 7.83. The lowest BCUT2D eigenvalue weighted by atomic mass is 9.76. The van der Waals surface area contributed by atoms with Gasteiger partial charge in [-0.15, -0.1) is 0 Å². The number of carbonyl (C=O) groups is 1. The molecule has 2 aliphatic rings. The van der Waals surface area contributed by atoms with Crippen LogP contribution in [0.25, 0.3) is 0 Å². The van der Waals surface area contributed by atoms with Crippen LogP contribution < -0.4 is 5.73 Å². The Morgan fingerprint density at radius 1 is 1.30 bits per heavy atom. The second kappa shape index (κ2) is 5.24. The molecule has 3 rings (SSSR count). The topological polar surface area (TPSA) is 51.3 Å². The summed E-state index contributed by atoms with van der Waals surface area (Å²) in [5, 5.41) is 0. The number of nitrogens with two attached hydrogens (primary N) is 1. The molecule has 1 atom stereocenters. The molecule has 4 nitrogen and oxygen atoms in total. The molecule has 1 aromatic rings. The molecule has 0 spiro atoms. The molecule has 110 valence electrons. The van der Waals surface area contributed by atoms with Crippen molar-refractivity contribution in [3.05, 3.63) is 24.0 Å². The SMILES string of the molecule is Cn1cccc1C1CCCCCN1C(=O)C1(N)CCC1. The van der Waals surface area contributed by atoms with E-state index < -0.39 is 5.54 Å². The minimum absolute atomic E-state index is 0.178. The third kappa shape index (κ3) is 2.26. The number of aromatic nitrogens is 1. The average molecular weight is 275 g/mol. The average Bonchev–Trinajstić information content (AvgIpc) is 2.69. The van der Waals surface area contributed by atoms with Crippen molar-refractivity contribution >= 4 is 5.91 Å². The van der Waals surface area contributed by atoms with E-state index >= 15 is 0 Å². The van der Waals surface area contributed by atoms with Crippen molar-refractivity contribution in [2.45, 2.75) is 56.5 Å². The second-order valence-corrected chi connectivity index (χ2v) is 6.42. The Bertz CT molecular complexity index is 490. The normalized spacial score (nSPS) is 25.9. The zero-order valence-electron chi connectivity index (χ0n) is 12.3. The van der Waals surface area contributed by atoms with E-state index in [0.29, 0.717) is 0 Å². The van der Waals surface area contributed by atoms with E-state index in [1.807, 2.05) is 0 Å². The Labute approximate surface area is 120 Å². The van der Waals surface area contributed by atoms with Gasteiger partial charge in [0.05, 0.1) is 11.6 Å². The lowest BCUT2D eigenvalue weighted by Crippen LogP contribution is -2.60. The summed E-state index contributed by atoms with van der Waals surface area (Å²) in [6.07, 6.45) is 9.40. The summed E-state index contributed by atoms with van der Waals surface area (Å²) in [6, 6.07) is 4.40. The van der Waals surface area contributed by atoms with Crippen LogP contribution in [-0.4, -0.2) is 27.5 Å². The van der Waals surface area contributed by atoms with Crippen LogP contribution in [0.2, 0.25) is 0 Å². The molecule has 1 aliphatic carbocycles. The first kappa shape index (κ1) is 13.7. The predicted octanol–water partition coefficient (Wildman–Crippen LogP) is 2.35. The maximum Gasteiger partial charge on any atom is 0.243 e. The Morgan fingerprint density at radius 3 is 2.70 bits per heavy atom. The minimum atomic E-state index is -0.576. The largest absolute Gasteiger partial charge is 0.353 e. The smallest absolute Gasteiger partial charge is 0.243 e. The molecular formula is C16H25N3O. The third-order valence-corrected chi connectivity index (χ3v) is 5.01. The fraction of sp³-hybridized carbons (Fsp3) is 0.688. The van der Waals surface area contributed by atoms with Gasteiger partial charge in [0.2, 0.25) is 5.91 Å². The number of hydrogen-bond donors (Lipinski definition) is 1. The Hall–Kier alpha value is -1.29. The molecule has 0 aromatic carbocycles. The highest BCUT2D eigenvalue weighted by molar-refractivity contribution is 5.87. The molecule has 1 saturated heterocycles. The van der Waals surface area contributed by atoms with E-state index in [0.717, 1.165) is 38.6 Å². The van der Waals surface area contributed by atoms with Crippen LogP contribution in [0, 0.1) is 0 Å². The Kier molecular flexibility index (Phi) is 3.59. The highest BCUT2D eigenvalue weighted by atomic mass is 16.2. The molecule has 20 heavy (non-hydrogen) atoms. The lowest BCUT2D eigenvalue weighted by Gasteiger charge is -2.42. The first-order valence-corrected chi connectivity index (χ1v) is 7.83.